The van der Waals surface area contributed by atoms with Crippen LogP contribution in [0.1, 0.15) is 16.8 Å². The Morgan fingerprint density at radius 1 is 0.733 bits per heavy atom. The molecule has 3 N–H and O–H groups in total. The minimum absolute atomic E-state index is 0.0707. The van der Waals surface area contributed by atoms with Gasteiger partial charge in [-0.15, -0.1) is 10.2 Å². The Kier molecular flexibility index (Phi) is 8.23. The number of hydrogen-bond donors (Lipinski definition) is 3. The molecular formula is C25H19F3N8O7S2. The maximum Gasteiger partial charge on any atom is 0.390 e. The first-order valence-corrected chi connectivity index (χ1v) is 15.3. The second-order valence-corrected chi connectivity index (χ2v) is 12.1. The highest BCUT2D eigenvalue weighted by Gasteiger charge is 2.27. The Hall–Kier alpha value is -5.05. The first-order chi connectivity index (χ1) is 21.1. The average molecular weight is 665 g/mol. The highest BCUT2D eigenvalue weighted by atomic mass is 32.2. The van der Waals surface area contributed by atoms with Crippen LogP contribution in [0.2, 0.25) is 0 Å². The molecule has 3 aromatic heterocycles. The quantitative estimate of drug-likeness (QED) is 0.194. The fourth-order valence-electron chi connectivity index (χ4n) is 3.90. The van der Waals surface area contributed by atoms with Gasteiger partial charge in [0.2, 0.25) is 0 Å². The van der Waals surface area contributed by atoms with Gasteiger partial charge in [-0.05, 0) is 60.7 Å². The van der Waals surface area contributed by atoms with E-state index in [1.165, 1.54) is 58.2 Å². The van der Waals surface area contributed by atoms with Crippen molar-refractivity contribution < 1.29 is 43.9 Å². The molecule has 0 radical (unpaired) electrons. The van der Waals surface area contributed by atoms with E-state index >= 15 is 0 Å². The summed E-state index contributed by atoms with van der Waals surface area (Å²) >= 11 is 0. The number of amides is 1. The summed E-state index contributed by atoms with van der Waals surface area (Å²) in [7, 11) is -8.85. The zero-order valence-electron chi connectivity index (χ0n) is 22.4. The molecule has 0 spiro atoms. The monoisotopic (exact) mass is 664 g/mol. The van der Waals surface area contributed by atoms with Crippen molar-refractivity contribution in [3.63, 3.8) is 0 Å². The van der Waals surface area contributed by atoms with Crippen molar-refractivity contribution in [2.45, 2.75) is 22.4 Å². The lowest BCUT2D eigenvalue weighted by molar-refractivity contribution is -0.133. The van der Waals surface area contributed by atoms with Gasteiger partial charge in [-0.25, -0.2) is 14.3 Å². The molecule has 3 heterocycles. The summed E-state index contributed by atoms with van der Waals surface area (Å²) in [5.41, 5.74) is 0.996. The van der Waals surface area contributed by atoms with Gasteiger partial charge >= 0.3 is 6.18 Å². The zero-order chi connectivity index (χ0) is 32.6. The van der Waals surface area contributed by atoms with Crippen molar-refractivity contribution in [2.75, 3.05) is 6.54 Å². The number of rotatable bonds is 9. The number of nitrogens with zero attached hydrogens (tertiary/aromatic N) is 7. The summed E-state index contributed by atoms with van der Waals surface area (Å²) < 4.78 is 104. The van der Waals surface area contributed by atoms with Crippen molar-refractivity contribution in [1.29, 1.82) is 0 Å². The van der Waals surface area contributed by atoms with Crippen molar-refractivity contribution in [3.05, 3.63) is 78.6 Å². The van der Waals surface area contributed by atoms with Gasteiger partial charge in [-0.1, -0.05) is 10.4 Å². The molecule has 0 aliphatic carbocycles. The molecule has 5 aromatic rings. The van der Waals surface area contributed by atoms with Gasteiger partial charge in [0.05, 0.1) is 51.4 Å². The second-order valence-electron chi connectivity index (χ2n) is 9.28. The van der Waals surface area contributed by atoms with Crippen LogP contribution in [0, 0.1) is 0 Å². The van der Waals surface area contributed by atoms with Crippen LogP contribution in [0.3, 0.4) is 0 Å². The minimum Gasteiger partial charge on any atom is -0.352 e. The molecule has 0 aliphatic heterocycles. The van der Waals surface area contributed by atoms with Crippen LogP contribution < -0.4 is 5.32 Å². The van der Waals surface area contributed by atoms with Crippen LogP contribution in [0.5, 0.6) is 0 Å². The first-order valence-electron chi connectivity index (χ1n) is 12.5. The Bertz CT molecular complexity index is 1970. The van der Waals surface area contributed by atoms with Gasteiger partial charge in [0, 0.05) is 12.1 Å². The molecule has 45 heavy (non-hydrogen) atoms. The van der Waals surface area contributed by atoms with E-state index < -0.39 is 45.3 Å². The Morgan fingerprint density at radius 3 is 1.53 bits per heavy atom. The number of benzene rings is 2. The lowest BCUT2D eigenvalue weighted by Gasteiger charge is -2.09. The summed E-state index contributed by atoms with van der Waals surface area (Å²) in [6.07, 6.45) is -2.95. The van der Waals surface area contributed by atoms with E-state index in [1.807, 2.05) is 0 Å². The topological polar surface area (TPSA) is 212 Å². The van der Waals surface area contributed by atoms with Gasteiger partial charge in [0.1, 0.15) is 11.4 Å². The Morgan fingerprint density at radius 2 is 1.16 bits per heavy atom. The third kappa shape index (κ3) is 7.55. The molecule has 0 saturated heterocycles. The van der Waals surface area contributed by atoms with Crippen LogP contribution in [0.15, 0.2) is 82.8 Å². The molecule has 234 valence electrons. The molecule has 0 unspecified atom stereocenters. The zero-order valence-corrected chi connectivity index (χ0v) is 24.0. The van der Waals surface area contributed by atoms with Gasteiger partial charge in [0.25, 0.3) is 26.1 Å². The van der Waals surface area contributed by atoms with Crippen LogP contribution in [0.4, 0.5) is 13.2 Å². The molecule has 20 heteroatoms. The van der Waals surface area contributed by atoms with E-state index in [-0.39, 0.29) is 38.1 Å². The average Bonchev–Trinajstić information content (AvgIpc) is 3.67. The molecule has 1 amide bonds. The fraction of sp³-hybridized carbons (Fsp3) is 0.120. The number of carbonyl (C=O) groups is 1. The minimum atomic E-state index is -4.49. The molecule has 2 aromatic carbocycles. The Balaban J connectivity index is 1.50. The third-order valence-electron chi connectivity index (χ3n) is 6.09. The normalized spacial score (nSPS) is 12.3. The standard InChI is InChI=1S/C25H19F3N8O7S2/c26-25(27,28)9-10-29-24(37)15-11-20(22-13-35(33-31-22)16-1-5-18(6-2-16)44(38,39)40)30-21(12-15)23-14-36(34-32-23)17-3-7-19(8-4-17)45(41,42)43/h1-8,11-14H,9-10H2,(H,29,37)(H,38,39,40)(H,41,42,43). The predicted octanol–water partition coefficient (Wildman–Crippen LogP) is 2.75. The smallest absolute Gasteiger partial charge is 0.352 e. The van der Waals surface area contributed by atoms with Crippen molar-refractivity contribution >= 4 is 26.1 Å². The number of aromatic nitrogens is 7. The number of halogens is 3. The summed E-state index contributed by atoms with van der Waals surface area (Å²) in [5, 5.41) is 18.2. The fourth-order valence-corrected chi connectivity index (χ4v) is 4.86. The second kappa shape index (κ2) is 11.8. The lowest BCUT2D eigenvalue weighted by Crippen LogP contribution is -2.28. The van der Waals surface area contributed by atoms with Gasteiger partial charge in [-0.3, -0.25) is 13.9 Å². The van der Waals surface area contributed by atoms with Crippen LogP contribution in [0.25, 0.3) is 34.2 Å². The van der Waals surface area contributed by atoms with Crippen molar-refractivity contribution in [1.82, 2.24) is 40.3 Å². The van der Waals surface area contributed by atoms with E-state index in [4.69, 9.17) is 0 Å². The largest absolute Gasteiger partial charge is 0.390 e. The summed E-state index contributed by atoms with van der Waals surface area (Å²) in [4.78, 5) is 16.6. The molecule has 0 atom stereocenters. The summed E-state index contributed by atoms with van der Waals surface area (Å²) in [6.45, 7) is -0.680. The molecule has 5 rings (SSSR count). The van der Waals surface area contributed by atoms with Gasteiger partial charge in [-0.2, -0.15) is 30.0 Å². The first kappa shape index (κ1) is 31.4. The molecule has 0 fully saturated rings. The van der Waals surface area contributed by atoms with Crippen molar-refractivity contribution in [2.24, 2.45) is 0 Å². The Labute approximate surface area is 251 Å². The number of nitrogens with one attached hydrogen (secondary N) is 1. The van der Waals surface area contributed by atoms with Gasteiger partial charge < -0.3 is 5.32 Å². The molecule has 0 aliphatic rings. The highest BCUT2D eigenvalue weighted by molar-refractivity contribution is 7.86. The summed E-state index contributed by atoms with van der Waals surface area (Å²) in [6, 6.07) is 12.6. The number of alkyl halides is 3. The molecular weight excluding hydrogens is 645 g/mol. The number of hydrogen-bond acceptors (Lipinski definition) is 10. The van der Waals surface area contributed by atoms with E-state index in [9.17, 15) is 43.9 Å². The SMILES string of the molecule is O=C(NCCC(F)(F)F)c1cc(-c2cn(-c3ccc(S(=O)(=O)O)cc3)nn2)nc(-c2cn(-c3ccc(S(=O)(=O)O)cc3)nn2)c1. The summed E-state index contributed by atoms with van der Waals surface area (Å²) in [5.74, 6) is -0.842. The third-order valence-corrected chi connectivity index (χ3v) is 7.83. The molecule has 0 bridgehead atoms. The van der Waals surface area contributed by atoms with E-state index in [2.05, 4.69) is 30.9 Å². The predicted molar refractivity (Wildman–Crippen MR) is 148 cm³/mol. The van der Waals surface area contributed by atoms with Crippen LogP contribution in [-0.4, -0.2) is 79.5 Å². The van der Waals surface area contributed by atoms with E-state index in [0.717, 1.165) is 24.3 Å². The van der Waals surface area contributed by atoms with E-state index in [1.54, 1.807) is 0 Å². The van der Waals surface area contributed by atoms with E-state index in [0.29, 0.717) is 11.4 Å². The maximum absolute atomic E-state index is 12.8. The van der Waals surface area contributed by atoms with Crippen molar-refractivity contribution in [3.8, 4) is 34.2 Å². The molecule has 15 nitrogen and oxygen atoms in total. The van der Waals surface area contributed by atoms with Gasteiger partial charge in [0.15, 0.2) is 0 Å². The lowest BCUT2D eigenvalue weighted by atomic mass is 10.1. The van der Waals surface area contributed by atoms with Crippen LogP contribution >= 0.6 is 0 Å². The highest BCUT2D eigenvalue weighted by Crippen LogP contribution is 2.25. The molecule has 0 saturated carbocycles. The van der Waals surface area contributed by atoms with Crippen LogP contribution in [-0.2, 0) is 20.2 Å². The maximum atomic E-state index is 12.8. The number of carbonyl (C=O) groups excluding carboxylic acids is 1. The number of pyridine rings is 1.